The number of amidine groups is 1. The van der Waals surface area contributed by atoms with E-state index in [2.05, 4.69) is 10.3 Å². The largest absolute Gasteiger partial charge is 0.496 e. The van der Waals surface area contributed by atoms with Crippen molar-refractivity contribution in [3.8, 4) is 17.1 Å². The van der Waals surface area contributed by atoms with E-state index in [9.17, 15) is 14.9 Å². The van der Waals surface area contributed by atoms with E-state index in [0.717, 1.165) is 5.69 Å². The second-order valence-electron chi connectivity index (χ2n) is 6.16. The number of hydrogen-bond donors (Lipinski definition) is 1. The van der Waals surface area contributed by atoms with Gasteiger partial charge in [-0.15, -0.1) is 0 Å². The monoisotopic (exact) mass is 421 g/mol. The predicted octanol–water partition coefficient (Wildman–Crippen LogP) is 4.76. The fourth-order valence-electron chi connectivity index (χ4n) is 2.80. The number of benzene rings is 2. The Balaban J connectivity index is 1.58. The molecule has 9 heteroatoms. The molecule has 0 bridgehead atoms. The molecule has 1 aliphatic heterocycles. The third-order valence-electron chi connectivity index (χ3n) is 4.20. The molecule has 1 saturated heterocycles. The summed E-state index contributed by atoms with van der Waals surface area (Å²) in [7, 11) is 1.43. The van der Waals surface area contributed by atoms with Crippen molar-refractivity contribution in [3.05, 3.63) is 81.4 Å². The topological polar surface area (TPSA) is 107 Å². The zero-order chi connectivity index (χ0) is 21.1. The Kier molecular flexibility index (Phi) is 5.36. The number of non-ortho nitro benzene ring substituents is 1. The highest BCUT2D eigenvalue weighted by Crippen LogP contribution is 2.35. The maximum Gasteiger partial charge on any atom is 0.273 e. The number of nitrogens with zero attached hydrogens (tertiary/aromatic N) is 2. The molecule has 150 valence electrons. The van der Waals surface area contributed by atoms with E-state index in [-0.39, 0.29) is 11.6 Å². The van der Waals surface area contributed by atoms with Gasteiger partial charge in [-0.3, -0.25) is 14.9 Å². The maximum atomic E-state index is 12.3. The highest BCUT2D eigenvalue weighted by molar-refractivity contribution is 8.18. The molecular formula is C21H15N3O5S. The van der Waals surface area contributed by atoms with Gasteiger partial charge in [0.1, 0.15) is 17.3 Å². The summed E-state index contributed by atoms with van der Waals surface area (Å²) >= 11 is 1.22. The van der Waals surface area contributed by atoms with Gasteiger partial charge in [0.2, 0.25) is 0 Å². The summed E-state index contributed by atoms with van der Waals surface area (Å²) in [5.74, 6) is 0.989. The lowest BCUT2D eigenvalue weighted by atomic mass is 10.1. The number of nitro groups is 1. The van der Waals surface area contributed by atoms with E-state index in [1.807, 2.05) is 30.3 Å². The second kappa shape index (κ2) is 8.26. The minimum absolute atomic E-state index is 0.0752. The number of rotatable bonds is 5. The highest BCUT2D eigenvalue weighted by atomic mass is 32.2. The molecule has 1 amide bonds. The van der Waals surface area contributed by atoms with Crippen molar-refractivity contribution in [1.82, 2.24) is 5.32 Å². The number of ether oxygens (including phenoxy) is 1. The molecule has 1 fully saturated rings. The van der Waals surface area contributed by atoms with Gasteiger partial charge in [-0.05, 0) is 42.1 Å². The van der Waals surface area contributed by atoms with Crippen molar-refractivity contribution in [2.24, 2.45) is 4.99 Å². The molecule has 1 aliphatic rings. The Bertz CT molecular complexity index is 1180. The van der Waals surface area contributed by atoms with Crippen LogP contribution in [0.15, 0.2) is 75.0 Å². The van der Waals surface area contributed by atoms with Gasteiger partial charge in [0.15, 0.2) is 5.17 Å². The Morgan fingerprint density at radius 1 is 1.17 bits per heavy atom. The summed E-state index contributed by atoms with van der Waals surface area (Å²) in [4.78, 5) is 27.6. The van der Waals surface area contributed by atoms with Gasteiger partial charge in [-0.25, -0.2) is 4.99 Å². The molecule has 8 nitrogen and oxygen atoms in total. The van der Waals surface area contributed by atoms with E-state index in [1.54, 1.807) is 24.3 Å². The number of thioether (sulfide) groups is 1. The van der Waals surface area contributed by atoms with Crippen LogP contribution in [-0.2, 0) is 4.79 Å². The summed E-state index contributed by atoms with van der Waals surface area (Å²) in [6.45, 7) is 0. The number of nitrogens with one attached hydrogen (secondary N) is 1. The average molecular weight is 421 g/mol. The molecule has 2 aromatic carbocycles. The molecule has 0 unspecified atom stereocenters. The van der Waals surface area contributed by atoms with E-state index in [4.69, 9.17) is 9.15 Å². The Hall–Kier alpha value is -3.85. The van der Waals surface area contributed by atoms with Gasteiger partial charge in [0, 0.05) is 12.1 Å². The number of nitro benzene ring substituents is 1. The number of amides is 1. The van der Waals surface area contributed by atoms with Crippen LogP contribution in [0.4, 0.5) is 11.4 Å². The van der Waals surface area contributed by atoms with E-state index in [1.165, 1.54) is 31.0 Å². The number of aliphatic imine (C=N–C) groups is 1. The van der Waals surface area contributed by atoms with Gasteiger partial charge < -0.3 is 14.5 Å². The molecule has 30 heavy (non-hydrogen) atoms. The van der Waals surface area contributed by atoms with Crippen molar-refractivity contribution in [1.29, 1.82) is 0 Å². The SMILES string of the molecule is COc1cc([N+](=O)[O-])ccc1-c1ccc(/C=C2/SC(=Nc3ccccc3)NC2=O)o1. The smallest absolute Gasteiger partial charge is 0.273 e. The molecule has 0 aliphatic carbocycles. The average Bonchev–Trinajstić information content (AvgIpc) is 3.35. The summed E-state index contributed by atoms with van der Waals surface area (Å²) < 4.78 is 11.1. The van der Waals surface area contributed by atoms with Crippen molar-refractivity contribution in [2.45, 2.75) is 0 Å². The third-order valence-corrected chi connectivity index (χ3v) is 5.11. The molecular weight excluding hydrogens is 406 g/mol. The number of carbonyl (C=O) groups is 1. The highest BCUT2D eigenvalue weighted by Gasteiger charge is 2.24. The second-order valence-corrected chi connectivity index (χ2v) is 7.19. The fraction of sp³-hybridized carbons (Fsp3) is 0.0476. The molecule has 0 spiro atoms. The van der Waals surface area contributed by atoms with Crippen molar-refractivity contribution >= 4 is 40.3 Å². The summed E-state index contributed by atoms with van der Waals surface area (Å²) in [6.07, 6.45) is 1.62. The number of furan rings is 1. The Labute approximate surface area is 175 Å². The number of methoxy groups -OCH3 is 1. The van der Waals surface area contributed by atoms with Gasteiger partial charge in [0.05, 0.1) is 34.3 Å². The van der Waals surface area contributed by atoms with Crippen LogP contribution < -0.4 is 10.1 Å². The molecule has 1 N–H and O–H groups in total. The van der Waals surface area contributed by atoms with Gasteiger partial charge >= 0.3 is 0 Å². The fourth-order valence-corrected chi connectivity index (χ4v) is 3.62. The number of para-hydroxylation sites is 1. The van der Waals surface area contributed by atoms with Crippen LogP contribution in [0.2, 0.25) is 0 Å². The summed E-state index contributed by atoms with van der Waals surface area (Å²) in [5, 5.41) is 14.2. The molecule has 1 aromatic heterocycles. The van der Waals surface area contributed by atoms with Gasteiger partial charge in [-0.1, -0.05) is 18.2 Å². The van der Waals surface area contributed by atoms with Gasteiger partial charge in [0.25, 0.3) is 11.6 Å². The first-order valence-corrected chi connectivity index (χ1v) is 9.62. The van der Waals surface area contributed by atoms with Crippen molar-refractivity contribution in [2.75, 3.05) is 7.11 Å². The lowest BCUT2D eigenvalue weighted by molar-refractivity contribution is -0.384. The molecule has 0 saturated carbocycles. The van der Waals surface area contributed by atoms with Crippen LogP contribution in [0.3, 0.4) is 0 Å². The lowest BCUT2D eigenvalue weighted by Gasteiger charge is -2.05. The van der Waals surface area contributed by atoms with Crippen LogP contribution in [0.25, 0.3) is 17.4 Å². The zero-order valence-corrected chi connectivity index (χ0v) is 16.5. The normalized spacial score (nSPS) is 16.1. The van der Waals surface area contributed by atoms with Crippen LogP contribution >= 0.6 is 11.8 Å². The summed E-state index contributed by atoms with van der Waals surface area (Å²) in [5.41, 5.74) is 1.24. The molecule has 0 radical (unpaired) electrons. The number of carbonyl (C=O) groups excluding carboxylic acids is 1. The minimum Gasteiger partial charge on any atom is -0.496 e. The minimum atomic E-state index is -0.491. The van der Waals surface area contributed by atoms with Crippen molar-refractivity contribution in [3.63, 3.8) is 0 Å². The van der Waals surface area contributed by atoms with Crippen LogP contribution in [-0.4, -0.2) is 23.1 Å². The Morgan fingerprint density at radius 2 is 1.97 bits per heavy atom. The molecule has 4 rings (SSSR count). The summed E-state index contributed by atoms with van der Waals surface area (Å²) in [6, 6.07) is 17.0. The first-order valence-electron chi connectivity index (χ1n) is 8.81. The first kappa shape index (κ1) is 19.5. The lowest BCUT2D eigenvalue weighted by Crippen LogP contribution is -2.19. The number of hydrogen-bond acceptors (Lipinski definition) is 7. The molecule has 0 atom stereocenters. The maximum absolute atomic E-state index is 12.3. The quantitative estimate of drug-likeness (QED) is 0.362. The predicted molar refractivity (Wildman–Crippen MR) is 115 cm³/mol. The zero-order valence-electron chi connectivity index (χ0n) is 15.7. The third kappa shape index (κ3) is 4.11. The van der Waals surface area contributed by atoms with Gasteiger partial charge in [-0.2, -0.15) is 0 Å². The molecule has 2 heterocycles. The van der Waals surface area contributed by atoms with Crippen LogP contribution in [0.1, 0.15) is 5.76 Å². The molecule has 3 aromatic rings. The van der Waals surface area contributed by atoms with Crippen LogP contribution in [0.5, 0.6) is 5.75 Å². The van der Waals surface area contributed by atoms with E-state index in [0.29, 0.717) is 32.9 Å². The van der Waals surface area contributed by atoms with Crippen LogP contribution in [0, 0.1) is 10.1 Å². The first-order chi connectivity index (χ1) is 14.5. The standard InChI is InChI=1S/C21H15N3O5S/c1-28-18-11-14(24(26)27)7-9-16(18)17-10-8-15(29-17)12-19-20(25)23-21(30-19)22-13-5-3-2-4-6-13/h2-12H,1H3,(H,22,23,25)/b19-12+. The van der Waals surface area contributed by atoms with E-state index < -0.39 is 4.92 Å². The van der Waals surface area contributed by atoms with Crippen molar-refractivity contribution < 1.29 is 18.9 Å². The Morgan fingerprint density at radius 3 is 2.70 bits per heavy atom. The van der Waals surface area contributed by atoms with E-state index >= 15 is 0 Å².